The summed E-state index contributed by atoms with van der Waals surface area (Å²) in [7, 11) is 2.11. The second kappa shape index (κ2) is 6.35. The van der Waals surface area contributed by atoms with E-state index in [2.05, 4.69) is 23.8 Å². The van der Waals surface area contributed by atoms with Crippen LogP contribution in [-0.2, 0) is 4.74 Å². The van der Waals surface area contributed by atoms with Crippen molar-refractivity contribution in [2.75, 3.05) is 13.6 Å². The predicted octanol–water partition coefficient (Wildman–Crippen LogP) is 0.340. The van der Waals surface area contributed by atoms with E-state index in [4.69, 9.17) is 4.74 Å². The number of quaternary nitrogens is 1. The molecule has 0 aromatic rings. The summed E-state index contributed by atoms with van der Waals surface area (Å²) in [6, 6.07) is 0.420. The fourth-order valence-corrected chi connectivity index (χ4v) is 2.10. The van der Waals surface area contributed by atoms with E-state index in [-0.39, 0.29) is 6.10 Å². The van der Waals surface area contributed by atoms with Crippen molar-refractivity contribution in [3.63, 3.8) is 0 Å². The van der Waals surface area contributed by atoms with E-state index in [0.29, 0.717) is 12.5 Å². The minimum atomic E-state index is -0.600. The van der Waals surface area contributed by atoms with E-state index < -0.39 is 6.29 Å². The summed E-state index contributed by atoms with van der Waals surface area (Å²) in [4.78, 5) is 2.30. The molecule has 0 saturated carbocycles. The molecule has 4 heteroatoms. The van der Waals surface area contributed by atoms with Crippen molar-refractivity contribution in [2.45, 2.75) is 51.5 Å². The highest BCUT2D eigenvalue weighted by atomic mass is 16.6. The van der Waals surface area contributed by atoms with E-state index in [1.807, 2.05) is 13.8 Å². The number of aliphatic hydroxyl groups is 1. The summed E-state index contributed by atoms with van der Waals surface area (Å²) in [5.74, 6) is 0. The van der Waals surface area contributed by atoms with Crippen LogP contribution in [0.1, 0.15) is 33.1 Å². The van der Waals surface area contributed by atoms with E-state index >= 15 is 0 Å². The second-order valence-corrected chi connectivity index (χ2v) is 4.70. The molecule has 1 fully saturated rings. The van der Waals surface area contributed by atoms with Gasteiger partial charge in [0.1, 0.15) is 5.70 Å². The molecule has 1 saturated heterocycles. The van der Waals surface area contributed by atoms with Gasteiger partial charge in [-0.2, -0.15) is 0 Å². The van der Waals surface area contributed by atoms with Gasteiger partial charge in [0, 0.05) is 25.4 Å². The molecule has 0 unspecified atom stereocenters. The molecule has 0 amide bonds. The largest absolute Gasteiger partial charge is 0.368 e. The number of allylic oxidation sites excluding steroid dienone is 1. The third kappa shape index (κ3) is 4.22. The smallest absolute Gasteiger partial charge is 0.156 e. The van der Waals surface area contributed by atoms with Crippen LogP contribution in [-0.4, -0.2) is 42.0 Å². The Hall–Kier alpha value is -0.420. The molecule has 94 valence electrons. The van der Waals surface area contributed by atoms with Crippen LogP contribution in [0.4, 0.5) is 0 Å². The summed E-state index contributed by atoms with van der Waals surface area (Å²) in [5, 5.41) is 9.55. The number of nitrogens with zero attached hydrogens (tertiary/aromatic N) is 1. The fourth-order valence-electron chi connectivity index (χ4n) is 2.10. The topological polar surface area (TPSA) is 60.3 Å². The summed E-state index contributed by atoms with van der Waals surface area (Å²) >= 11 is 0. The Labute approximate surface area is 98.1 Å². The van der Waals surface area contributed by atoms with Crippen LogP contribution < -0.4 is 5.73 Å². The minimum absolute atomic E-state index is 0.150. The average Bonchev–Trinajstić information content (AvgIpc) is 2.23. The molecule has 4 nitrogen and oxygen atoms in total. The SMILES string of the molecule is C/C=C(\[NH3+])CCN(C)[C@H]1C[C@@H](C)O[C@@H](O)C1. The molecule has 0 aliphatic carbocycles. The first-order valence-electron chi connectivity index (χ1n) is 6.03. The van der Waals surface area contributed by atoms with Crippen LogP contribution >= 0.6 is 0 Å². The molecule has 1 aliphatic rings. The molecule has 0 bridgehead atoms. The highest BCUT2D eigenvalue weighted by Gasteiger charge is 2.28. The van der Waals surface area contributed by atoms with Gasteiger partial charge in [0.2, 0.25) is 0 Å². The first-order chi connectivity index (χ1) is 7.52. The van der Waals surface area contributed by atoms with Gasteiger partial charge in [0.25, 0.3) is 0 Å². The third-order valence-electron chi connectivity index (χ3n) is 3.28. The van der Waals surface area contributed by atoms with Crippen molar-refractivity contribution in [2.24, 2.45) is 0 Å². The van der Waals surface area contributed by atoms with Crippen LogP contribution in [0.25, 0.3) is 0 Å². The summed E-state index contributed by atoms with van der Waals surface area (Å²) < 4.78 is 5.32. The highest BCUT2D eigenvalue weighted by molar-refractivity contribution is 4.87. The molecule has 0 spiro atoms. The maximum absolute atomic E-state index is 9.55. The Morgan fingerprint density at radius 2 is 2.25 bits per heavy atom. The maximum Gasteiger partial charge on any atom is 0.156 e. The van der Waals surface area contributed by atoms with E-state index in [1.54, 1.807) is 0 Å². The zero-order chi connectivity index (χ0) is 12.1. The molecule has 0 aromatic heterocycles. The highest BCUT2D eigenvalue weighted by Crippen LogP contribution is 2.21. The van der Waals surface area contributed by atoms with E-state index in [0.717, 1.165) is 19.4 Å². The Morgan fingerprint density at radius 1 is 1.56 bits per heavy atom. The van der Waals surface area contributed by atoms with Crippen LogP contribution in [0, 0.1) is 0 Å². The van der Waals surface area contributed by atoms with Gasteiger partial charge in [-0.05, 0) is 33.4 Å². The van der Waals surface area contributed by atoms with Gasteiger partial charge < -0.3 is 20.5 Å². The lowest BCUT2D eigenvalue weighted by molar-refractivity contribution is -0.307. The van der Waals surface area contributed by atoms with Crippen LogP contribution in [0.5, 0.6) is 0 Å². The molecule has 1 aliphatic heterocycles. The normalized spacial score (nSPS) is 32.1. The number of rotatable bonds is 4. The Morgan fingerprint density at radius 3 is 2.81 bits per heavy atom. The van der Waals surface area contributed by atoms with Crippen molar-refractivity contribution in [3.8, 4) is 0 Å². The van der Waals surface area contributed by atoms with Crippen molar-refractivity contribution < 1.29 is 15.6 Å². The zero-order valence-corrected chi connectivity index (χ0v) is 10.6. The lowest BCUT2D eigenvalue weighted by Crippen LogP contribution is -2.49. The number of hydrogen-bond donors (Lipinski definition) is 2. The molecule has 4 N–H and O–H groups in total. The average molecular weight is 229 g/mol. The summed E-state index contributed by atoms with van der Waals surface area (Å²) in [6.07, 6.45) is 4.30. The number of ether oxygens (including phenoxy) is 1. The van der Waals surface area contributed by atoms with Gasteiger partial charge >= 0.3 is 0 Å². The predicted molar refractivity (Wildman–Crippen MR) is 63.5 cm³/mol. The second-order valence-electron chi connectivity index (χ2n) is 4.70. The standard InChI is InChI=1S/C12H24N2O2/c1-4-10(13)5-6-14(3)11-7-9(2)16-12(15)8-11/h4,9,11-12,15H,5-8,13H2,1-3H3/p+1/b10-4-/t9-,11+,12-/m1/s1. The monoisotopic (exact) mass is 229 g/mol. The van der Waals surface area contributed by atoms with Gasteiger partial charge in [0.05, 0.1) is 6.10 Å². The molecular weight excluding hydrogens is 204 g/mol. The first kappa shape index (κ1) is 13.6. The van der Waals surface area contributed by atoms with Crippen LogP contribution in [0.15, 0.2) is 11.8 Å². The Bertz CT molecular complexity index is 233. The van der Waals surface area contributed by atoms with Crippen molar-refractivity contribution in [1.29, 1.82) is 0 Å². The van der Waals surface area contributed by atoms with Crippen LogP contribution in [0.3, 0.4) is 0 Å². The lowest BCUT2D eigenvalue weighted by Gasteiger charge is -2.36. The molecular formula is C12H25N2O2+. The molecule has 3 atom stereocenters. The van der Waals surface area contributed by atoms with Crippen molar-refractivity contribution in [1.82, 2.24) is 4.90 Å². The van der Waals surface area contributed by atoms with Gasteiger partial charge in [0.15, 0.2) is 6.29 Å². The summed E-state index contributed by atoms with van der Waals surface area (Å²) in [6.45, 7) is 5.03. The van der Waals surface area contributed by atoms with E-state index in [9.17, 15) is 5.11 Å². The first-order valence-corrected chi connectivity index (χ1v) is 6.03. The van der Waals surface area contributed by atoms with Gasteiger partial charge in [-0.25, -0.2) is 0 Å². The maximum atomic E-state index is 9.55. The van der Waals surface area contributed by atoms with E-state index in [1.165, 1.54) is 5.70 Å². The van der Waals surface area contributed by atoms with Gasteiger partial charge in [-0.15, -0.1) is 0 Å². The minimum Gasteiger partial charge on any atom is -0.368 e. The fraction of sp³-hybridized carbons (Fsp3) is 0.833. The van der Waals surface area contributed by atoms with Crippen molar-refractivity contribution in [3.05, 3.63) is 11.8 Å². The molecule has 0 aromatic carbocycles. The lowest BCUT2D eigenvalue weighted by atomic mass is 10.0. The molecule has 16 heavy (non-hydrogen) atoms. The molecule has 1 rings (SSSR count). The zero-order valence-electron chi connectivity index (χ0n) is 10.6. The van der Waals surface area contributed by atoms with Gasteiger partial charge in [-0.3, -0.25) is 0 Å². The molecule has 1 heterocycles. The van der Waals surface area contributed by atoms with Crippen LogP contribution in [0.2, 0.25) is 0 Å². The van der Waals surface area contributed by atoms with Crippen molar-refractivity contribution >= 4 is 0 Å². The quantitative estimate of drug-likeness (QED) is 0.731. The van der Waals surface area contributed by atoms with Gasteiger partial charge in [-0.1, -0.05) is 0 Å². The summed E-state index contributed by atoms with van der Waals surface area (Å²) in [5.41, 5.74) is 5.14. The third-order valence-corrected chi connectivity index (χ3v) is 3.28. The Balaban J connectivity index is 2.38. The number of hydrogen-bond acceptors (Lipinski definition) is 3. The Kier molecular flexibility index (Phi) is 5.41. The molecule has 0 radical (unpaired) electrons. The number of aliphatic hydroxyl groups excluding tert-OH is 1.